The molecule has 2 heterocycles. The number of carbonyl (C=O) groups is 6. The monoisotopic (exact) mass is 1140 g/mol. The number of esters is 6. The van der Waals surface area contributed by atoms with Gasteiger partial charge in [0, 0.05) is 11.8 Å². The van der Waals surface area contributed by atoms with E-state index in [0.29, 0.717) is 33.6 Å². The number of aliphatic hydroxyl groups is 1. The van der Waals surface area contributed by atoms with E-state index in [4.69, 9.17) is 14.2 Å². The number of hydrogen-bond acceptors (Lipinski definition) is 14. The molecule has 2 aliphatic heterocycles. The maximum absolute atomic E-state index is 14.9. The van der Waals surface area contributed by atoms with Crippen LogP contribution in [0.1, 0.15) is 145 Å². The predicted octanol–water partition coefficient (Wildman–Crippen LogP) is 11.6. The molecule has 14 nitrogen and oxygen atoms in total. The molecule has 2 saturated carbocycles. The molecule has 8 atom stereocenters. The molecule has 0 amide bonds. The van der Waals surface area contributed by atoms with Gasteiger partial charge in [-0.05, 0) is 88.0 Å². The van der Waals surface area contributed by atoms with Crippen molar-refractivity contribution in [3.63, 3.8) is 0 Å². The summed E-state index contributed by atoms with van der Waals surface area (Å²) in [6.07, 6.45) is -22.7. The van der Waals surface area contributed by atoms with Crippen molar-refractivity contribution in [3.05, 3.63) is 0 Å². The molecule has 0 aromatic heterocycles. The average molecular weight is 1140 g/mol. The molecular weight excluding hydrogens is 1070 g/mol. The molecule has 0 radical (unpaired) electrons. The third-order valence-corrected chi connectivity index (χ3v) is 13.8. The van der Waals surface area contributed by atoms with Gasteiger partial charge in [-0.1, -0.05) is 56.9 Å². The van der Waals surface area contributed by atoms with Crippen molar-refractivity contribution in [1.29, 1.82) is 0 Å². The Bertz CT molecular complexity index is 2030. The second-order valence-corrected chi connectivity index (χ2v) is 21.1. The number of rotatable bonds is 14. The van der Waals surface area contributed by atoms with Gasteiger partial charge >= 0.3 is 72.2 Å². The summed E-state index contributed by atoms with van der Waals surface area (Å²) in [6.45, 7) is 14.5. The summed E-state index contributed by atoms with van der Waals surface area (Å²) in [5.41, 5.74) is -14.6. The van der Waals surface area contributed by atoms with E-state index in [2.05, 4.69) is 18.9 Å². The number of hydrogen-bond donors (Lipinski definition) is 1. The van der Waals surface area contributed by atoms with Gasteiger partial charge in [0.15, 0.2) is 12.2 Å². The molecule has 2 saturated heterocycles. The lowest BCUT2D eigenvalue weighted by Crippen LogP contribution is -2.70. The molecule has 0 aromatic rings. The fourth-order valence-electron chi connectivity index (χ4n) is 7.60. The van der Waals surface area contributed by atoms with Gasteiger partial charge in [-0.2, -0.15) is 61.5 Å². The summed E-state index contributed by atoms with van der Waals surface area (Å²) >= 11 is 0. The molecule has 1 N–H and O–H groups in total. The normalized spacial score (nSPS) is 26.2. The number of carbonyl (C=O) groups excluding carboxylic acids is 6. The highest BCUT2D eigenvalue weighted by Gasteiger charge is 2.86. The summed E-state index contributed by atoms with van der Waals surface area (Å²) in [5.74, 6) is -19.4. The van der Waals surface area contributed by atoms with E-state index >= 15 is 0 Å². The summed E-state index contributed by atoms with van der Waals surface area (Å²) in [4.78, 5) is 72.2. The molecular formula is C48H74F14O14. The molecule has 4 aliphatic rings. The predicted molar refractivity (Wildman–Crippen MR) is 240 cm³/mol. The summed E-state index contributed by atoms with van der Waals surface area (Å²) < 4.78 is 217. The van der Waals surface area contributed by atoms with E-state index in [9.17, 15) is 95.3 Å². The lowest BCUT2D eigenvalue weighted by Gasteiger charge is -2.44. The Morgan fingerprint density at radius 2 is 1.13 bits per heavy atom. The molecule has 2 bridgehead atoms. The van der Waals surface area contributed by atoms with Crippen molar-refractivity contribution >= 4 is 35.8 Å². The first-order valence-electron chi connectivity index (χ1n) is 22.7. The quantitative estimate of drug-likeness (QED) is 0.0983. The largest absolute Gasteiger partial charge is 0.462 e. The Morgan fingerprint density at radius 1 is 0.697 bits per heavy atom. The fourth-order valence-corrected chi connectivity index (χ4v) is 7.60. The van der Waals surface area contributed by atoms with Crippen LogP contribution < -0.4 is 0 Å². The van der Waals surface area contributed by atoms with Crippen LogP contribution in [0.5, 0.6) is 0 Å². The average Bonchev–Trinajstić information content (AvgIpc) is 3.91. The Labute approximate surface area is 433 Å². The van der Waals surface area contributed by atoms with E-state index in [-0.39, 0.29) is 41.0 Å². The van der Waals surface area contributed by atoms with Crippen LogP contribution in [-0.4, -0.2) is 120 Å². The molecule has 448 valence electrons. The third kappa shape index (κ3) is 14.1. The van der Waals surface area contributed by atoms with Crippen molar-refractivity contribution in [3.8, 4) is 0 Å². The Balaban J connectivity index is 0. The first-order valence-corrected chi connectivity index (χ1v) is 22.7. The number of ether oxygens (including phenoxy) is 7. The van der Waals surface area contributed by atoms with Crippen molar-refractivity contribution in [2.45, 2.75) is 210 Å². The van der Waals surface area contributed by atoms with Crippen LogP contribution in [0.2, 0.25) is 0 Å². The zero-order chi connectivity index (χ0) is 57.7. The van der Waals surface area contributed by atoms with E-state index in [0.717, 1.165) is 0 Å². The first-order chi connectivity index (χ1) is 32.4. The summed E-state index contributed by atoms with van der Waals surface area (Å²) in [5, 5.41) is 9.27. The molecule has 2 aliphatic carbocycles. The van der Waals surface area contributed by atoms with Crippen LogP contribution in [0.25, 0.3) is 0 Å². The van der Waals surface area contributed by atoms with Crippen molar-refractivity contribution in [2.75, 3.05) is 13.2 Å². The maximum Gasteiger partial charge on any atom is 0.462 e. The van der Waals surface area contributed by atoms with Gasteiger partial charge in [0.25, 0.3) is 5.60 Å². The highest BCUT2D eigenvalue weighted by atomic mass is 19.4. The smallest absolute Gasteiger partial charge is 0.458 e. The van der Waals surface area contributed by atoms with Gasteiger partial charge in [-0.3, -0.25) is 28.8 Å². The summed E-state index contributed by atoms with van der Waals surface area (Å²) in [7, 11) is 0. The fraction of sp³-hybridized carbons (Fsp3) is 0.875. The minimum atomic E-state index is -6.06. The highest BCUT2D eigenvalue weighted by molar-refractivity contribution is 5.86. The number of fused-ring (bicyclic) bond motifs is 1. The molecule has 4 rings (SSSR count). The summed E-state index contributed by atoms with van der Waals surface area (Å²) in [6, 6.07) is 0. The lowest BCUT2D eigenvalue weighted by atomic mass is 9.78. The van der Waals surface area contributed by atoms with Crippen molar-refractivity contribution < 1.29 is 128 Å². The second-order valence-electron chi connectivity index (χ2n) is 21.1. The standard InChI is InChI=1S/C17H21F3O6.C16H23F5O5.C12H18F6O3.3CH4/c1-4-16(2,3)15(23)26-12-7-5-8-10(14(22)25-11(8)12)9(7)13(21)24-6-17(18,19)20;1-7-12(4,5)11(23)26-13(6)8-24-15(14(13,17)18,16(19,20)21)25-10(22)9(2)3;1-6-8(2,3)7(19)21-9(4,5)10(20,11(13,14)15)12(16,17)18;;;/h7-12H,4-6H2,1-3H3;9H,7-8H2,1-6H3;20H,6H2,1-5H3;3*1H4. The van der Waals surface area contributed by atoms with Gasteiger partial charge in [-0.25, -0.2) is 0 Å². The van der Waals surface area contributed by atoms with Crippen LogP contribution in [0.15, 0.2) is 0 Å². The Kier molecular flexibility index (Phi) is 23.3. The van der Waals surface area contributed by atoms with Gasteiger partial charge < -0.3 is 38.3 Å². The SMILES string of the molecule is C.C.C.CCC(C)(C)C(=O)OC(C)(C)C(O)(C(F)(F)F)C(F)(F)F.CCC(C)(C)C(=O)OC1(C)COC(OC(=O)C(C)C)(C(F)(F)F)C1(F)F.CCC(C)(C)C(=O)OC1C2CC3C1OC(=O)C3C2C(=O)OCC(F)(F)F. The molecule has 8 unspecified atom stereocenters. The topological polar surface area (TPSA) is 187 Å². The van der Waals surface area contributed by atoms with Crippen LogP contribution in [0.3, 0.4) is 0 Å². The van der Waals surface area contributed by atoms with Gasteiger partial charge in [-0.15, -0.1) is 0 Å². The van der Waals surface area contributed by atoms with E-state index in [1.807, 2.05) is 6.92 Å². The maximum atomic E-state index is 14.9. The Hall–Kier alpha value is -4.24. The molecule has 4 fully saturated rings. The number of halogens is 14. The third-order valence-electron chi connectivity index (χ3n) is 13.8. The van der Waals surface area contributed by atoms with Gasteiger partial charge in [0.1, 0.15) is 12.2 Å². The zero-order valence-corrected chi connectivity index (χ0v) is 42.3. The van der Waals surface area contributed by atoms with Crippen LogP contribution in [0, 0.1) is 45.8 Å². The minimum Gasteiger partial charge on any atom is -0.458 e. The molecule has 28 heteroatoms. The molecule has 76 heavy (non-hydrogen) atoms. The number of alkyl halides is 14. The van der Waals surface area contributed by atoms with E-state index in [1.165, 1.54) is 48.5 Å². The van der Waals surface area contributed by atoms with Crippen LogP contribution in [-0.2, 0) is 61.9 Å². The van der Waals surface area contributed by atoms with Crippen LogP contribution in [0.4, 0.5) is 61.5 Å². The van der Waals surface area contributed by atoms with Gasteiger partial charge in [0.05, 0.1) is 40.6 Å². The lowest BCUT2D eigenvalue weighted by molar-refractivity contribution is -0.410. The van der Waals surface area contributed by atoms with Gasteiger partial charge in [0.2, 0.25) is 5.60 Å². The van der Waals surface area contributed by atoms with Crippen molar-refractivity contribution in [1.82, 2.24) is 0 Å². The molecule has 0 spiro atoms. The van der Waals surface area contributed by atoms with Crippen molar-refractivity contribution in [2.24, 2.45) is 45.8 Å². The first kappa shape index (κ1) is 73.8. The second kappa shape index (κ2) is 24.0. The minimum absolute atomic E-state index is 0. The van der Waals surface area contributed by atoms with E-state index < -0.39 is 154 Å². The Morgan fingerprint density at radius 3 is 1.53 bits per heavy atom. The van der Waals surface area contributed by atoms with Crippen LogP contribution >= 0.6 is 0 Å². The zero-order valence-electron chi connectivity index (χ0n) is 42.3. The molecule has 0 aromatic carbocycles. The highest BCUT2D eigenvalue weighted by Crippen LogP contribution is 2.60. The van der Waals surface area contributed by atoms with E-state index in [1.54, 1.807) is 20.8 Å².